The Labute approximate surface area is 90.0 Å². The van der Waals surface area contributed by atoms with Crippen LogP contribution in [0, 0.1) is 11.8 Å². The highest BCUT2D eigenvalue weighted by atomic mass is 127. The second kappa shape index (κ2) is 5.25. The Hall–Kier alpha value is 0.470. The zero-order valence-electron chi connectivity index (χ0n) is 7.93. The molecule has 0 heterocycles. The van der Waals surface area contributed by atoms with Gasteiger partial charge in [-0.05, 0) is 43.9 Å². The van der Waals surface area contributed by atoms with Crippen molar-refractivity contribution in [2.24, 2.45) is 11.8 Å². The topological polar surface area (TPSA) is 0 Å². The third-order valence-corrected chi connectivity index (χ3v) is 4.95. The van der Waals surface area contributed by atoms with Crippen LogP contribution in [0.1, 0.15) is 39.0 Å². The van der Waals surface area contributed by atoms with Crippen molar-refractivity contribution >= 4 is 22.6 Å². The maximum atomic E-state index is 3.87. The van der Waals surface area contributed by atoms with Crippen LogP contribution in [0.15, 0.2) is 12.7 Å². The highest BCUT2D eigenvalue weighted by Gasteiger charge is 2.23. The van der Waals surface area contributed by atoms with Gasteiger partial charge >= 0.3 is 0 Å². The Bertz CT molecular complexity index is 134. The van der Waals surface area contributed by atoms with Crippen molar-refractivity contribution in [3.05, 3.63) is 12.7 Å². The fourth-order valence-electron chi connectivity index (χ4n) is 2.08. The van der Waals surface area contributed by atoms with E-state index < -0.39 is 0 Å². The van der Waals surface area contributed by atoms with E-state index in [2.05, 4.69) is 42.2 Å². The number of hydrogen-bond acceptors (Lipinski definition) is 0. The molecule has 1 heteroatoms. The van der Waals surface area contributed by atoms with Gasteiger partial charge in [0.05, 0.1) is 0 Å². The summed E-state index contributed by atoms with van der Waals surface area (Å²) in [6, 6.07) is 0. The van der Waals surface area contributed by atoms with Crippen LogP contribution in [0.25, 0.3) is 0 Å². The van der Waals surface area contributed by atoms with E-state index in [4.69, 9.17) is 0 Å². The molecule has 1 aliphatic rings. The Morgan fingerprint density at radius 1 is 1.42 bits per heavy atom. The molecule has 0 aromatic heterocycles. The fourth-order valence-corrected chi connectivity index (χ4v) is 2.79. The summed E-state index contributed by atoms with van der Waals surface area (Å²) in [6.45, 7) is 6.17. The monoisotopic (exact) mass is 278 g/mol. The maximum Gasteiger partial charge on any atom is 0.0135 e. The zero-order valence-corrected chi connectivity index (χ0v) is 10.1. The molecule has 1 fully saturated rings. The van der Waals surface area contributed by atoms with E-state index in [1.165, 1.54) is 32.1 Å². The van der Waals surface area contributed by atoms with E-state index in [1.807, 2.05) is 0 Å². The highest BCUT2D eigenvalue weighted by Crippen LogP contribution is 2.35. The van der Waals surface area contributed by atoms with Gasteiger partial charge in [-0.2, -0.15) is 0 Å². The lowest BCUT2D eigenvalue weighted by Gasteiger charge is -2.29. The lowest BCUT2D eigenvalue weighted by Crippen LogP contribution is -2.20. The van der Waals surface area contributed by atoms with Crippen LogP contribution in [0.5, 0.6) is 0 Å². The molecule has 0 N–H and O–H groups in total. The first-order valence-electron chi connectivity index (χ1n) is 5.04. The van der Waals surface area contributed by atoms with E-state index in [-0.39, 0.29) is 0 Å². The third kappa shape index (κ3) is 2.75. The zero-order chi connectivity index (χ0) is 8.97. The maximum absolute atomic E-state index is 3.87. The normalized spacial score (nSPS) is 32.8. The quantitative estimate of drug-likeness (QED) is 0.412. The summed E-state index contributed by atoms with van der Waals surface area (Å²) in [5.41, 5.74) is 0. The lowest BCUT2D eigenvalue weighted by molar-refractivity contribution is 0.306. The molecule has 0 bridgehead atoms. The van der Waals surface area contributed by atoms with Gasteiger partial charge in [0.25, 0.3) is 0 Å². The van der Waals surface area contributed by atoms with Crippen molar-refractivity contribution < 1.29 is 0 Å². The average molecular weight is 278 g/mol. The van der Waals surface area contributed by atoms with Crippen LogP contribution in [0.4, 0.5) is 0 Å². The largest absolute Gasteiger partial charge is 0.103 e. The molecular weight excluding hydrogens is 259 g/mol. The molecule has 0 spiro atoms. The predicted octanol–water partition coefficient (Wildman–Crippen LogP) is 4.19. The fraction of sp³-hybridized carbons (Fsp3) is 0.818. The molecule has 1 rings (SSSR count). The standard InChI is InChI=1S/C11H19I/c1-3-9-5-7-10(8-6-9)11(12)4-2/h3,9-11H,1,4-8H2,2H3/t9-,10-,11?. The Kier molecular flexibility index (Phi) is 4.62. The molecule has 12 heavy (non-hydrogen) atoms. The molecule has 70 valence electrons. The van der Waals surface area contributed by atoms with Gasteiger partial charge in [-0.1, -0.05) is 35.6 Å². The van der Waals surface area contributed by atoms with Crippen molar-refractivity contribution in [2.75, 3.05) is 0 Å². The molecule has 0 aromatic carbocycles. The minimum absolute atomic E-state index is 0.821. The molecular formula is C11H19I. The first-order chi connectivity index (χ1) is 5.77. The number of rotatable bonds is 3. The van der Waals surface area contributed by atoms with Crippen LogP contribution in [-0.2, 0) is 0 Å². The van der Waals surface area contributed by atoms with Gasteiger partial charge in [0.2, 0.25) is 0 Å². The van der Waals surface area contributed by atoms with Gasteiger partial charge in [0.1, 0.15) is 0 Å². The third-order valence-electron chi connectivity index (χ3n) is 3.05. The van der Waals surface area contributed by atoms with Crippen molar-refractivity contribution in [2.45, 2.75) is 43.0 Å². The molecule has 0 amide bonds. The summed E-state index contributed by atoms with van der Waals surface area (Å²) in [7, 11) is 0. The average Bonchev–Trinajstić information content (AvgIpc) is 2.17. The van der Waals surface area contributed by atoms with Gasteiger partial charge < -0.3 is 0 Å². The molecule has 1 unspecified atom stereocenters. The predicted molar refractivity (Wildman–Crippen MR) is 63.7 cm³/mol. The first kappa shape index (κ1) is 10.6. The van der Waals surface area contributed by atoms with E-state index >= 15 is 0 Å². The Morgan fingerprint density at radius 3 is 2.42 bits per heavy atom. The van der Waals surface area contributed by atoms with Crippen molar-refractivity contribution in [1.82, 2.24) is 0 Å². The van der Waals surface area contributed by atoms with Crippen LogP contribution in [0.2, 0.25) is 0 Å². The van der Waals surface area contributed by atoms with E-state index in [0.717, 1.165) is 15.8 Å². The van der Waals surface area contributed by atoms with E-state index in [1.54, 1.807) is 0 Å². The molecule has 0 aromatic rings. The van der Waals surface area contributed by atoms with Crippen LogP contribution < -0.4 is 0 Å². The van der Waals surface area contributed by atoms with Gasteiger partial charge in [0, 0.05) is 3.92 Å². The summed E-state index contributed by atoms with van der Waals surface area (Å²) < 4.78 is 0.911. The molecule has 1 saturated carbocycles. The van der Waals surface area contributed by atoms with E-state index in [9.17, 15) is 0 Å². The molecule has 1 atom stereocenters. The SMILES string of the molecule is C=C[C@H]1CC[C@H](C(I)CC)CC1. The number of halogens is 1. The van der Waals surface area contributed by atoms with E-state index in [0.29, 0.717) is 0 Å². The number of alkyl halides is 1. The lowest BCUT2D eigenvalue weighted by atomic mass is 9.80. The van der Waals surface area contributed by atoms with Gasteiger partial charge in [0.15, 0.2) is 0 Å². The Balaban J connectivity index is 2.30. The van der Waals surface area contributed by atoms with Crippen LogP contribution in [-0.4, -0.2) is 3.92 Å². The van der Waals surface area contributed by atoms with Gasteiger partial charge in [-0.3, -0.25) is 0 Å². The summed E-state index contributed by atoms with van der Waals surface area (Å²) in [5, 5.41) is 0. The first-order valence-corrected chi connectivity index (χ1v) is 6.29. The Morgan fingerprint density at radius 2 is 2.00 bits per heavy atom. The van der Waals surface area contributed by atoms with Crippen molar-refractivity contribution in [1.29, 1.82) is 0 Å². The minimum atomic E-state index is 0.821. The number of allylic oxidation sites excluding steroid dienone is 1. The van der Waals surface area contributed by atoms with Crippen LogP contribution >= 0.6 is 22.6 Å². The summed E-state index contributed by atoms with van der Waals surface area (Å²) in [6.07, 6.45) is 9.10. The van der Waals surface area contributed by atoms with Crippen molar-refractivity contribution in [3.63, 3.8) is 0 Å². The van der Waals surface area contributed by atoms with Gasteiger partial charge in [-0.15, -0.1) is 6.58 Å². The molecule has 0 saturated heterocycles. The second-order valence-corrected chi connectivity index (χ2v) is 5.43. The smallest absolute Gasteiger partial charge is 0.0135 e. The summed E-state index contributed by atoms with van der Waals surface area (Å²) in [5.74, 6) is 1.81. The minimum Gasteiger partial charge on any atom is -0.103 e. The molecule has 1 aliphatic carbocycles. The molecule has 0 radical (unpaired) electrons. The van der Waals surface area contributed by atoms with Crippen molar-refractivity contribution in [3.8, 4) is 0 Å². The molecule has 0 nitrogen and oxygen atoms in total. The van der Waals surface area contributed by atoms with Crippen LogP contribution in [0.3, 0.4) is 0 Å². The second-order valence-electron chi connectivity index (χ2n) is 3.83. The molecule has 0 aliphatic heterocycles. The summed E-state index contributed by atoms with van der Waals surface area (Å²) in [4.78, 5) is 0. The van der Waals surface area contributed by atoms with Gasteiger partial charge in [-0.25, -0.2) is 0 Å². The highest BCUT2D eigenvalue weighted by molar-refractivity contribution is 14.1. The summed E-state index contributed by atoms with van der Waals surface area (Å²) >= 11 is 2.62. The number of hydrogen-bond donors (Lipinski definition) is 0.